The van der Waals surface area contributed by atoms with Crippen molar-refractivity contribution >= 4 is 25.1 Å². The normalized spacial score (nSPS) is 19.4. The van der Waals surface area contributed by atoms with Crippen molar-refractivity contribution in [2.24, 2.45) is 0 Å². The second-order valence-corrected chi connectivity index (χ2v) is 7.65. The van der Waals surface area contributed by atoms with Crippen LogP contribution in [-0.4, -0.2) is 24.3 Å². The van der Waals surface area contributed by atoms with E-state index in [2.05, 4.69) is 32.6 Å². The molecular formula is C10H20ClP. The van der Waals surface area contributed by atoms with Crippen LogP contribution in [0.5, 0.6) is 0 Å². The first-order chi connectivity index (χ1) is 5.26. The van der Waals surface area contributed by atoms with Gasteiger partial charge in [0.25, 0.3) is 0 Å². The first-order valence-electron chi connectivity index (χ1n) is 4.66. The smallest absolute Gasteiger partial charge is 0.0113 e. The summed E-state index contributed by atoms with van der Waals surface area (Å²) >= 11 is 0. The second-order valence-electron chi connectivity index (χ2n) is 3.34. The van der Waals surface area contributed by atoms with Gasteiger partial charge in [0.2, 0.25) is 0 Å². The fourth-order valence-electron chi connectivity index (χ4n) is 1.66. The Morgan fingerprint density at radius 2 is 1.83 bits per heavy atom. The first kappa shape index (κ1) is 12.3. The molecule has 1 heterocycles. The zero-order chi connectivity index (χ0) is 8.32. The van der Waals surface area contributed by atoms with E-state index < -0.39 is 6.89 Å². The van der Waals surface area contributed by atoms with E-state index in [1.54, 1.807) is 5.57 Å². The summed E-state index contributed by atoms with van der Waals surface area (Å²) in [5.41, 5.74) is 1.68. The molecule has 0 fully saturated rings. The summed E-state index contributed by atoms with van der Waals surface area (Å²) in [6, 6.07) is 0. The van der Waals surface area contributed by atoms with E-state index in [4.69, 9.17) is 0 Å². The highest BCUT2D eigenvalue weighted by molar-refractivity contribution is 7.75. The van der Waals surface area contributed by atoms with Crippen molar-refractivity contribution in [3.63, 3.8) is 0 Å². The van der Waals surface area contributed by atoms with Crippen LogP contribution < -0.4 is 0 Å². The molecule has 0 N–H and O–H groups in total. The maximum absolute atomic E-state index is 2.53. The van der Waals surface area contributed by atoms with E-state index in [1.165, 1.54) is 24.9 Å². The van der Waals surface area contributed by atoms with Crippen molar-refractivity contribution in [1.82, 2.24) is 0 Å². The van der Waals surface area contributed by atoms with Gasteiger partial charge in [-0.2, -0.15) is 0 Å². The molecule has 1 aliphatic rings. The minimum atomic E-state index is -0.599. The molecule has 0 spiro atoms. The number of rotatable bonds is 3. The number of halogens is 1. The fourth-order valence-corrected chi connectivity index (χ4v) is 4.75. The molecule has 0 unspecified atom stereocenters. The molecule has 0 saturated carbocycles. The Bertz CT molecular complexity index is 208. The van der Waals surface area contributed by atoms with Crippen molar-refractivity contribution in [2.45, 2.75) is 27.2 Å². The molecule has 0 radical (unpaired) electrons. The van der Waals surface area contributed by atoms with Gasteiger partial charge in [0, 0.05) is 0 Å². The Balaban J connectivity index is 0.00000121. The first-order valence-corrected chi connectivity index (χ1v) is 7.07. The third kappa shape index (κ3) is 2.41. The zero-order valence-electron chi connectivity index (χ0n) is 8.34. The lowest BCUT2D eigenvalue weighted by atomic mass is 10.2. The molecule has 0 aromatic heterocycles. The van der Waals surface area contributed by atoms with Crippen LogP contribution in [0.25, 0.3) is 0 Å². The number of allylic oxidation sites excluding steroid dienone is 2. The van der Waals surface area contributed by atoms with E-state index in [1.807, 2.05) is 0 Å². The SMILES string of the molecule is CCC1=CC=P(CC)(CC)C1.Cl. The van der Waals surface area contributed by atoms with Gasteiger partial charge in [-0.05, 0) is 24.9 Å². The van der Waals surface area contributed by atoms with E-state index in [0.29, 0.717) is 0 Å². The molecule has 12 heavy (non-hydrogen) atoms. The molecule has 0 nitrogen and oxygen atoms in total. The third-order valence-corrected chi connectivity index (χ3v) is 7.19. The Kier molecular flexibility index (Phi) is 5.29. The molecule has 1 rings (SSSR count). The Labute approximate surface area is 82.8 Å². The average molecular weight is 207 g/mol. The summed E-state index contributed by atoms with van der Waals surface area (Å²) in [5.74, 6) is 2.53. The monoisotopic (exact) mass is 206 g/mol. The predicted octanol–water partition coefficient (Wildman–Crippen LogP) is 3.62. The Hall–Kier alpha value is 0.330. The van der Waals surface area contributed by atoms with Gasteiger partial charge >= 0.3 is 0 Å². The van der Waals surface area contributed by atoms with Gasteiger partial charge in [0.1, 0.15) is 0 Å². The molecule has 0 bridgehead atoms. The lowest BCUT2D eigenvalue weighted by molar-refractivity contribution is 1.11. The van der Waals surface area contributed by atoms with Crippen LogP contribution in [0.1, 0.15) is 27.2 Å². The Morgan fingerprint density at radius 3 is 2.08 bits per heavy atom. The summed E-state index contributed by atoms with van der Waals surface area (Å²) < 4.78 is 0. The summed E-state index contributed by atoms with van der Waals surface area (Å²) in [4.78, 5) is 0. The van der Waals surface area contributed by atoms with Crippen molar-refractivity contribution < 1.29 is 0 Å². The van der Waals surface area contributed by atoms with E-state index in [9.17, 15) is 0 Å². The number of hydrogen-bond acceptors (Lipinski definition) is 0. The summed E-state index contributed by atoms with van der Waals surface area (Å²) in [5, 5.41) is 0. The summed E-state index contributed by atoms with van der Waals surface area (Å²) in [6.45, 7) is 6.36. The lowest BCUT2D eigenvalue weighted by Gasteiger charge is -2.18. The van der Waals surface area contributed by atoms with Crippen LogP contribution in [0.15, 0.2) is 11.6 Å². The van der Waals surface area contributed by atoms with Gasteiger partial charge in [-0.15, -0.1) is 19.3 Å². The Morgan fingerprint density at radius 1 is 1.25 bits per heavy atom. The summed E-state index contributed by atoms with van der Waals surface area (Å²) in [7, 11) is 0. The lowest BCUT2D eigenvalue weighted by Crippen LogP contribution is -1.95. The van der Waals surface area contributed by atoms with Crippen molar-refractivity contribution in [1.29, 1.82) is 0 Å². The van der Waals surface area contributed by atoms with Gasteiger partial charge in [-0.1, -0.05) is 38.2 Å². The number of hydrogen-bond donors (Lipinski definition) is 0. The highest BCUT2D eigenvalue weighted by Gasteiger charge is 2.17. The molecule has 0 saturated heterocycles. The van der Waals surface area contributed by atoms with Crippen molar-refractivity contribution in [3.05, 3.63) is 11.6 Å². The van der Waals surface area contributed by atoms with Gasteiger partial charge in [0.15, 0.2) is 0 Å². The quantitative estimate of drug-likeness (QED) is 0.619. The van der Waals surface area contributed by atoms with E-state index >= 15 is 0 Å². The minimum Gasteiger partial charge on any atom is -0.147 e. The fraction of sp³-hybridized carbons (Fsp3) is 0.700. The van der Waals surface area contributed by atoms with Crippen LogP contribution in [0, 0.1) is 0 Å². The highest BCUT2D eigenvalue weighted by Crippen LogP contribution is 2.50. The molecule has 2 heteroatoms. The van der Waals surface area contributed by atoms with Gasteiger partial charge in [-0.3, -0.25) is 0 Å². The van der Waals surface area contributed by atoms with Crippen LogP contribution in [0.3, 0.4) is 0 Å². The molecular weight excluding hydrogens is 187 g/mol. The average Bonchev–Trinajstić information content (AvgIpc) is 2.49. The summed E-state index contributed by atoms with van der Waals surface area (Å²) in [6.07, 6.45) is 7.89. The minimum absolute atomic E-state index is 0. The van der Waals surface area contributed by atoms with E-state index in [-0.39, 0.29) is 12.4 Å². The van der Waals surface area contributed by atoms with Gasteiger partial charge in [0.05, 0.1) is 0 Å². The van der Waals surface area contributed by atoms with Gasteiger partial charge in [-0.25, -0.2) is 0 Å². The largest absolute Gasteiger partial charge is 0.147 e. The molecule has 0 amide bonds. The van der Waals surface area contributed by atoms with Crippen LogP contribution in [0.4, 0.5) is 0 Å². The van der Waals surface area contributed by atoms with Gasteiger partial charge < -0.3 is 0 Å². The molecule has 0 atom stereocenters. The standard InChI is InChI=1S/C10H19P.ClH/c1-4-10-7-8-11(5-2,6-3)9-10;/h7-8H,4-6,9H2,1-3H3;1H. The van der Waals surface area contributed by atoms with Crippen LogP contribution in [-0.2, 0) is 0 Å². The molecule has 1 aliphatic heterocycles. The second kappa shape index (κ2) is 5.14. The van der Waals surface area contributed by atoms with Crippen molar-refractivity contribution in [3.8, 4) is 0 Å². The van der Waals surface area contributed by atoms with Crippen molar-refractivity contribution in [2.75, 3.05) is 18.5 Å². The van der Waals surface area contributed by atoms with Crippen LogP contribution >= 0.6 is 19.3 Å². The van der Waals surface area contributed by atoms with E-state index in [0.717, 1.165) is 0 Å². The zero-order valence-corrected chi connectivity index (χ0v) is 10.0. The maximum atomic E-state index is 2.53. The molecule has 0 aromatic carbocycles. The topological polar surface area (TPSA) is 0 Å². The third-order valence-electron chi connectivity index (χ3n) is 2.86. The maximum Gasteiger partial charge on any atom is -0.0113 e. The highest BCUT2D eigenvalue weighted by atomic mass is 35.5. The molecule has 0 aromatic rings. The molecule has 72 valence electrons. The molecule has 0 aliphatic carbocycles. The van der Waals surface area contributed by atoms with Crippen LogP contribution in [0.2, 0.25) is 0 Å². The predicted molar refractivity (Wildman–Crippen MR) is 64.6 cm³/mol.